The average molecular weight is 315 g/mol. The van der Waals surface area contributed by atoms with Crippen molar-refractivity contribution in [3.63, 3.8) is 0 Å². The van der Waals surface area contributed by atoms with Gasteiger partial charge in [-0.25, -0.2) is 0 Å². The molecule has 1 aliphatic rings. The lowest BCUT2D eigenvalue weighted by molar-refractivity contribution is -0.143. The van der Waals surface area contributed by atoms with Crippen molar-refractivity contribution in [3.8, 4) is 0 Å². The summed E-state index contributed by atoms with van der Waals surface area (Å²) in [6.07, 6.45) is 0.630. The molecular weight excluding hydrogens is 301 g/mol. The number of esters is 1. The summed E-state index contributed by atoms with van der Waals surface area (Å²) in [6, 6.07) is 7.86. The standard InChI is InChI=1S/C15H15NO3S.Al/c1-2-19-13(18)8-9-7-12(17)16-11-6-4-3-5-10(11)15(20)14(9)16;/h3-6,9,20H,2,7-8H2,1H3;/q;+1/p-1. The Kier molecular flexibility index (Phi) is 4.12. The van der Waals surface area contributed by atoms with E-state index in [4.69, 9.17) is 4.74 Å². The number of para-hydroxylation sites is 1. The number of ether oxygens (including phenoxy) is 1. The summed E-state index contributed by atoms with van der Waals surface area (Å²) in [6.45, 7) is 2.16. The van der Waals surface area contributed by atoms with Gasteiger partial charge in [0.05, 0.1) is 18.5 Å². The number of fused-ring (bicyclic) bond motifs is 3. The van der Waals surface area contributed by atoms with E-state index in [0.29, 0.717) is 13.0 Å². The Hall–Kier alpha value is -1.22. The lowest BCUT2D eigenvalue weighted by Gasteiger charge is -2.10. The normalized spacial score (nSPS) is 17.2. The highest BCUT2D eigenvalue weighted by atomic mass is 32.3. The Balaban J connectivity index is 2.09. The van der Waals surface area contributed by atoms with E-state index >= 15 is 0 Å². The second kappa shape index (κ2) is 5.88. The molecule has 1 aliphatic heterocycles. The second-order valence-electron chi connectivity index (χ2n) is 4.99. The Labute approximate surface area is 134 Å². The first kappa shape index (κ1) is 14.7. The lowest BCUT2D eigenvalue weighted by Crippen LogP contribution is -2.09. The van der Waals surface area contributed by atoms with Gasteiger partial charge < -0.3 is 4.74 Å². The molecule has 4 nitrogen and oxygen atoms in total. The van der Waals surface area contributed by atoms with E-state index in [2.05, 4.69) is 15.2 Å². The van der Waals surface area contributed by atoms with Gasteiger partial charge in [-0.1, -0.05) is 18.2 Å². The van der Waals surface area contributed by atoms with Gasteiger partial charge in [0.25, 0.3) is 0 Å². The quantitative estimate of drug-likeness (QED) is 0.643. The van der Waals surface area contributed by atoms with Crippen LogP contribution in [-0.2, 0) is 9.53 Å². The third kappa shape index (κ3) is 2.42. The van der Waals surface area contributed by atoms with Crippen molar-refractivity contribution < 1.29 is 14.3 Å². The summed E-state index contributed by atoms with van der Waals surface area (Å²) >= 11 is 2.64. The van der Waals surface area contributed by atoms with Gasteiger partial charge in [-0.3, -0.25) is 24.3 Å². The van der Waals surface area contributed by atoms with Crippen molar-refractivity contribution in [2.45, 2.75) is 30.6 Å². The molecule has 1 aromatic carbocycles. The molecule has 21 heavy (non-hydrogen) atoms. The van der Waals surface area contributed by atoms with E-state index in [1.165, 1.54) is 0 Å². The van der Waals surface area contributed by atoms with Crippen molar-refractivity contribution in [1.29, 1.82) is 0 Å². The maximum absolute atomic E-state index is 12.4. The maximum atomic E-state index is 12.4. The molecule has 2 radical (unpaired) electrons. The van der Waals surface area contributed by atoms with Crippen LogP contribution in [0.5, 0.6) is 0 Å². The maximum Gasteiger partial charge on any atom is 0.306 e. The fourth-order valence-electron chi connectivity index (χ4n) is 2.98. The molecule has 106 valence electrons. The van der Waals surface area contributed by atoms with Crippen LogP contribution in [0.4, 0.5) is 0 Å². The smallest absolute Gasteiger partial charge is 0.306 e. The minimum atomic E-state index is -0.242. The van der Waals surface area contributed by atoms with Crippen LogP contribution in [0, 0.1) is 0 Å². The lowest BCUT2D eigenvalue weighted by atomic mass is 10.00. The molecule has 6 heteroatoms. The van der Waals surface area contributed by atoms with Crippen LogP contribution in [0.15, 0.2) is 29.2 Å². The minimum Gasteiger partial charge on any atom is -0.466 e. The van der Waals surface area contributed by atoms with Gasteiger partial charge in [0.2, 0.25) is 21.1 Å². The van der Waals surface area contributed by atoms with Crippen LogP contribution in [0.1, 0.15) is 36.2 Å². The van der Waals surface area contributed by atoms with Crippen molar-refractivity contribution in [2.24, 2.45) is 0 Å². The fourth-order valence-corrected chi connectivity index (χ4v) is 4.40. The number of hydrogen-bond donors (Lipinski definition) is 0. The summed E-state index contributed by atoms with van der Waals surface area (Å²) in [5.74, 6) is -0.276. The van der Waals surface area contributed by atoms with Gasteiger partial charge in [-0.05, 0) is 13.0 Å². The summed E-state index contributed by atoms with van der Waals surface area (Å²) in [5, 5.41) is 1.06. The zero-order chi connectivity index (χ0) is 15.0. The predicted molar refractivity (Wildman–Crippen MR) is 82.8 cm³/mol. The van der Waals surface area contributed by atoms with Crippen LogP contribution in [0.3, 0.4) is 0 Å². The minimum absolute atomic E-state index is 0.0563. The van der Waals surface area contributed by atoms with Crippen molar-refractivity contribution in [1.82, 2.24) is 4.57 Å². The molecule has 0 bridgehead atoms. The Morgan fingerprint density at radius 1 is 1.48 bits per heavy atom. The summed E-state index contributed by atoms with van der Waals surface area (Å²) in [7, 11) is 1.55. The average Bonchev–Trinajstić information content (AvgIpc) is 2.95. The molecule has 3 rings (SSSR count). The number of carbonyl (C=O) groups is 2. The predicted octanol–water partition coefficient (Wildman–Crippen LogP) is 2.90. The van der Waals surface area contributed by atoms with E-state index in [1.54, 1.807) is 21.6 Å². The molecule has 2 aromatic rings. The van der Waals surface area contributed by atoms with Crippen LogP contribution in [0.2, 0.25) is 0 Å². The van der Waals surface area contributed by atoms with Crippen molar-refractivity contribution in [3.05, 3.63) is 30.0 Å². The zero-order valence-corrected chi connectivity index (χ0v) is 13.6. The number of benzene rings is 1. The van der Waals surface area contributed by atoms with Gasteiger partial charge in [-0.15, -0.1) is 0 Å². The van der Waals surface area contributed by atoms with Crippen molar-refractivity contribution >= 4 is 48.1 Å². The van der Waals surface area contributed by atoms with E-state index in [0.717, 1.165) is 21.5 Å². The topological polar surface area (TPSA) is 48.3 Å². The highest BCUT2D eigenvalue weighted by Crippen LogP contribution is 2.43. The number of hydrogen-bond acceptors (Lipinski definition) is 4. The number of rotatable bonds is 4. The van der Waals surface area contributed by atoms with Crippen LogP contribution < -0.4 is 0 Å². The molecule has 1 atom stereocenters. The Bertz CT molecular complexity index is 725. The molecule has 1 aromatic heterocycles. The number of nitrogens with zero attached hydrogens (tertiary/aromatic N) is 1. The van der Waals surface area contributed by atoms with Gasteiger partial charge in [-0.2, -0.15) is 0 Å². The molecule has 1 unspecified atom stereocenters. The van der Waals surface area contributed by atoms with Gasteiger partial charge in [0.1, 0.15) is 0 Å². The van der Waals surface area contributed by atoms with E-state index < -0.39 is 0 Å². The second-order valence-corrected chi connectivity index (χ2v) is 6.34. The summed E-state index contributed by atoms with van der Waals surface area (Å²) in [5.41, 5.74) is 1.88. The van der Waals surface area contributed by atoms with E-state index in [9.17, 15) is 9.59 Å². The first-order chi connectivity index (χ1) is 10.2. The first-order valence-corrected chi connectivity index (χ1v) is 9.15. The highest BCUT2D eigenvalue weighted by molar-refractivity contribution is 8.19. The fraction of sp³-hybridized carbons (Fsp3) is 0.333. The molecule has 0 amide bonds. The molecule has 0 spiro atoms. The molecule has 0 saturated carbocycles. The van der Waals surface area contributed by atoms with Gasteiger partial charge in [0, 0.05) is 28.3 Å². The SMILES string of the molecule is CCOC(=O)CC1CC(=O)n2c1c([S][Al])c1ccccc12. The largest absolute Gasteiger partial charge is 0.466 e. The van der Waals surface area contributed by atoms with Crippen LogP contribution in [-0.4, -0.2) is 38.2 Å². The van der Waals surface area contributed by atoms with Crippen LogP contribution >= 0.6 is 10.1 Å². The number of aromatic nitrogens is 1. The van der Waals surface area contributed by atoms with Gasteiger partial charge in [0.15, 0.2) is 0 Å². The molecule has 2 heterocycles. The first-order valence-electron chi connectivity index (χ1n) is 6.86. The third-order valence-corrected chi connectivity index (χ3v) is 5.13. The molecular formula is C15H14AlNO3S. The van der Waals surface area contributed by atoms with E-state index in [1.807, 2.05) is 24.3 Å². The van der Waals surface area contributed by atoms with E-state index in [-0.39, 0.29) is 24.2 Å². The van der Waals surface area contributed by atoms with Crippen LogP contribution in [0.25, 0.3) is 10.9 Å². The molecule has 0 N–H and O–H groups in total. The molecule has 0 aliphatic carbocycles. The van der Waals surface area contributed by atoms with Gasteiger partial charge >= 0.3 is 5.97 Å². The Morgan fingerprint density at radius 2 is 2.24 bits per heavy atom. The molecule has 0 saturated heterocycles. The third-order valence-electron chi connectivity index (χ3n) is 3.76. The zero-order valence-electron chi connectivity index (χ0n) is 11.7. The molecule has 0 fully saturated rings. The number of carbonyl (C=O) groups excluding carboxylic acids is 2. The monoisotopic (exact) mass is 315 g/mol. The summed E-state index contributed by atoms with van der Waals surface area (Å²) in [4.78, 5) is 25.2. The highest BCUT2D eigenvalue weighted by Gasteiger charge is 2.35. The summed E-state index contributed by atoms with van der Waals surface area (Å²) < 4.78 is 6.80. The Morgan fingerprint density at radius 3 is 2.95 bits per heavy atom. The van der Waals surface area contributed by atoms with Crippen molar-refractivity contribution in [2.75, 3.05) is 6.61 Å².